The first kappa shape index (κ1) is 15.2. The Kier molecular flexibility index (Phi) is 4.85. The average Bonchev–Trinajstić information content (AvgIpc) is 3.12. The number of benzene rings is 1. The quantitative estimate of drug-likeness (QED) is 0.816. The minimum atomic E-state index is 0.292. The van der Waals surface area contributed by atoms with Gasteiger partial charge in [0.15, 0.2) is 5.76 Å². The zero-order valence-electron chi connectivity index (χ0n) is 12.5. The van der Waals surface area contributed by atoms with Gasteiger partial charge in [0.05, 0.1) is 0 Å². The van der Waals surface area contributed by atoms with Gasteiger partial charge in [-0.05, 0) is 49.8 Å². The van der Waals surface area contributed by atoms with E-state index in [1.165, 1.54) is 12.8 Å². The van der Waals surface area contributed by atoms with Crippen LogP contribution in [0.15, 0.2) is 34.9 Å². The number of nitrogens with zero attached hydrogens (tertiary/aromatic N) is 2. The van der Waals surface area contributed by atoms with Crippen LogP contribution in [0.4, 0.5) is 0 Å². The molecule has 3 rings (SSSR count). The highest BCUT2D eigenvalue weighted by molar-refractivity contribution is 6.30. The third-order valence-corrected chi connectivity index (χ3v) is 4.04. The Labute approximate surface area is 134 Å². The molecule has 1 saturated heterocycles. The van der Waals surface area contributed by atoms with Crippen molar-refractivity contribution in [2.24, 2.45) is 0 Å². The Balaban J connectivity index is 1.48. The average molecular weight is 323 g/mol. The molecule has 1 fully saturated rings. The van der Waals surface area contributed by atoms with E-state index in [0.29, 0.717) is 41.7 Å². The van der Waals surface area contributed by atoms with Gasteiger partial charge in [0, 0.05) is 17.1 Å². The fourth-order valence-corrected chi connectivity index (χ4v) is 2.69. The Hall–Kier alpha value is -1.72. The van der Waals surface area contributed by atoms with Crippen LogP contribution in [0.1, 0.15) is 18.6 Å². The van der Waals surface area contributed by atoms with Crippen LogP contribution >= 0.6 is 11.6 Å². The van der Waals surface area contributed by atoms with E-state index < -0.39 is 0 Å². The summed E-state index contributed by atoms with van der Waals surface area (Å²) in [5, 5.41) is 4.55. The van der Waals surface area contributed by atoms with E-state index in [1.807, 2.05) is 12.1 Å². The molecule has 0 radical (unpaired) electrons. The molecular weight excluding hydrogens is 304 g/mol. The molecule has 2 aromatic rings. The van der Waals surface area contributed by atoms with Crippen LogP contribution in [0.5, 0.6) is 11.6 Å². The minimum absolute atomic E-state index is 0.292. The second kappa shape index (κ2) is 7.03. The molecule has 0 unspecified atom stereocenters. The van der Waals surface area contributed by atoms with Crippen molar-refractivity contribution in [3.8, 4) is 11.6 Å². The Morgan fingerprint density at radius 2 is 2.27 bits per heavy atom. The monoisotopic (exact) mass is 322 g/mol. The predicted molar refractivity (Wildman–Crippen MR) is 83.4 cm³/mol. The van der Waals surface area contributed by atoms with E-state index in [2.05, 4.69) is 17.1 Å². The summed E-state index contributed by atoms with van der Waals surface area (Å²) in [5.74, 6) is 1.82. The molecule has 1 aliphatic heterocycles. The van der Waals surface area contributed by atoms with E-state index >= 15 is 0 Å². The van der Waals surface area contributed by atoms with Crippen molar-refractivity contribution in [3.05, 3.63) is 41.1 Å². The fraction of sp³-hybridized carbons (Fsp3) is 0.438. The van der Waals surface area contributed by atoms with Gasteiger partial charge in [-0.25, -0.2) is 0 Å². The molecule has 0 aliphatic carbocycles. The van der Waals surface area contributed by atoms with Crippen molar-refractivity contribution in [1.29, 1.82) is 0 Å². The summed E-state index contributed by atoms with van der Waals surface area (Å²) in [6.07, 6.45) is 2.39. The van der Waals surface area contributed by atoms with Crippen molar-refractivity contribution < 1.29 is 14.0 Å². The summed E-state index contributed by atoms with van der Waals surface area (Å²) < 4.78 is 16.5. The van der Waals surface area contributed by atoms with Crippen LogP contribution in [0.2, 0.25) is 5.02 Å². The molecule has 0 amide bonds. The number of hydrogen-bond acceptors (Lipinski definition) is 5. The third-order valence-electron chi connectivity index (χ3n) is 3.81. The minimum Gasteiger partial charge on any atom is -0.485 e. The Bertz CT molecular complexity index is 617. The van der Waals surface area contributed by atoms with Gasteiger partial charge in [-0.2, -0.15) is 0 Å². The van der Waals surface area contributed by atoms with Crippen LogP contribution < -0.4 is 9.47 Å². The zero-order chi connectivity index (χ0) is 15.4. The molecule has 118 valence electrons. The number of likely N-dealkylation sites (N-methyl/N-ethyl adjacent to an activating group) is 1. The highest BCUT2D eigenvalue weighted by atomic mass is 35.5. The summed E-state index contributed by atoms with van der Waals surface area (Å²) >= 11 is 5.91. The van der Waals surface area contributed by atoms with Crippen molar-refractivity contribution in [2.75, 3.05) is 20.2 Å². The molecule has 2 heterocycles. The first-order valence-electron chi connectivity index (χ1n) is 7.38. The molecule has 0 saturated carbocycles. The van der Waals surface area contributed by atoms with Gasteiger partial charge < -0.3 is 18.9 Å². The normalized spacial score (nSPS) is 18.5. The van der Waals surface area contributed by atoms with Crippen LogP contribution in [-0.4, -0.2) is 36.3 Å². The van der Waals surface area contributed by atoms with Gasteiger partial charge >= 0.3 is 0 Å². The first-order chi connectivity index (χ1) is 10.7. The number of ether oxygens (including phenoxy) is 2. The van der Waals surface area contributed by atoms with E-state index in [1.54, 1.807) is 18.2 Å². The lowest BCUT2D eigenvalue weighted by molar-refractivity contribution is 0.184. The van der Waals surface area contributed by atoms with Crippen molar-refractivity contribution in [3.63, 3.8) is 0 Å². The van der Waals surface area contributed by atoms with E-state index in [9.17, 15) is 0 Å². The fourth-order valence-electron chi connectivity index (χ4n) is 2.51. The third kappa shape index (κ3) is 3.93. The molecule has 1 aromatic carbocycles. The summed E-state index contributed by atoms with van der Waals surface area (Å²) in [7, 11) is 2.12. The molecule has 6 heteroatoms. The van der Waals surface area contributed by atoms with Gasteiger partial charge in [0.1, 0.15) is 19.0 Å². The lowest BCUT2D eigenvalue weighted by Gasteiger charge is -2.18. The van der Waals surface area contributed by atoms with Crippen molar-refractivity contribution in [2.45, 2.75) is 25.5 Å². The van der Waals surface area contributed by atoms with Gasteiger partial charge in [-0.1, -0.05) is 17.7 Å². The van der Waals surface area contributed by atoms with Crippen LogP contribution in [0, 0.1) is 0 Å². The van der Waals surface area contributed by atoms with Gasteiger partial charge in [0.2, 0.25) is 0 Å². The maximum atomic E-state index is 5.91. The van der Waals surface area contributed by atoms with Gasteiger partial charge in [-0.15, -0.1) is 0 Å². The van der Waals surface area contributed by atoms with Crippen LogP contribution in [-0.2, 0) is 6.61 Å². The molecule has 0 bridgehead atoms. The Morgan fingerprint density at radius 3 is 3.05 bits per heavy atom. The lowest BCUT2D eigenvalue weighted by atomic mass is 10.2. The van der Waals surface area contributed by atoms with Crippen molar-refractivity contribution in [1.82, 2.24) is 10.1 Å². The highest BCUT2D eigenvalue weighted by Crippen LogP contribution is 2.20. The standard InChI is InChI=1S/C16H19ClN2O3/c1-19-7-3-5-13(19)10-21-16-9-15(22-18-16)11-20-14-6-2-4-12(17)8-14/h2,4,6,8-9,13H,3,5,7,10-11H2,1H3/t13-/m0/s1. The molecule has 0 N–H and O–H groups in total. The van der Waals surface area contributed by atoms with Crippen LogP contribution in [0.25, 0.3) is 0 Å². The molecular formula is C16H19ClN2O3. The van der Waals surface area contributed by atoms with E-state index in [4.69, 9.17) is 25.6 Å². The number of hydrogen-bond donors (Lipinski definition) is 0. The lowest BCUT2D eigenvalue weighted by Crippen LogP contribution is -2.30. The first-order valence-corrected chi connectivity index (χ1v) is 7.75. The maximum Gasteiger partial charge on any atom is 0.254 e. The molecule has 5 nitrogen and oxygen atoms in total. The maximum absolute atomic E-state index is 5.91. The van der Waals surface area contributed by atoms with E-state index in [-0.39, 0.29) is 0 Å². The number of likely N-dealkylation sites (tertiary alicyclic amines) is 1. The van der Waals surface area contributed by atoms with Gasteiger partial charge in [-0.3, -0.25) is 0 Å². The zero-order valence-corrected chi connectivity index (χ0v) is 13.3. The van der Waals surface area contributed by atoms with Gasteiger partial charge in [0.25, 0.3) is 5.88 Å². The molecule has 1 aromatic heterocycles. The van der Waals surface area contributed by atoms with E-state index in [0.717, 1.165) is 6.54 Å². The second-order valence-electron chi connectivity index (χ2n) is 5.47. The highest BCUT2D eigenvalue weighted by Gasteiger charge is 2.21. The molecule has 1 atom stereocenters. The number of aromatic nitrogens is 1. The predicted octanol–water partition coefficient (Wildman–Crippen LogP) is 3.38. The molecule has 0 spiro atoms. The topological polar surface area (TPSA) is 47.7 Å². The summed E-state index contributed by atoms with van der Waals surface area (Å²) in [6.45, 7) is 2.06. The SMILES string of the molecule is CN1CCC[C@H]1COc1cc(COc2cccc(Cl)c2)on1. The summed E-state index contributed by atoms with van der Waals surface area (Å²) in [5.41, 5.74) is 0. The number of halogens is 1. The summed E-state index contributed by atoms with van der Waals surface area (Å²) in [6, 6.07) is 9.46. The number of rotatable bonds is 6. The summed E-state index contributed by atoms with van der Waals surface area (Å²) in [4.78, 5) is 2.31. The second-order valence-corrected chi connectivity index (χ2v) is 5.90. The van der Waals surface area contributed by atoms with Crippen molar-refractivity contribution >= 4 is 11.6 Å². The molecule has 1 aliphatic rings. The largest absolute Gasteiger partial charge is 0.485 e. The van der Waals surface area contributed by atoms with Crippen LogP contribution in [0.3, 0.4) is 0 Å². The Morgan fingerprint density at radius 1 is 1.36 bits per heavy atom. The molecule has 22 heavy (non-hydrogen) atoms. The smallest absolute Gasteiger partial charge is 0.254 e.